The predicted molar refractivity (Wildman–Crippen MR) is 102 cm³/mol. The van der Waals surface area contributed by atoms with Crippen LogP contribution in [0.2, 0.25) is 0 Å². The van der Waals surface area contributed by atoms with Crippen molar-refractivity contribution in [3.8, 4) is 11.6 Å². The van der Waals surface area contributed by atoms with Crippen LogP contribution in [0.15, 0.2) is 55.0 Å². The summed E-state index contributed by atoms with van der Waals surface area (Å²) in [4.78, 5) is 8.37. The van der Waals surface area contributed by atoms with Crippen molar-refractivity contribution in [1.29, 1.82) is 0 Å². The van der Waals surface area contributed by atoms with Gasteiger partial charge < -0.3 is 19.9 Å². The van der Waals surface area contributed by atoms with E-state index in [2.05, 4.69) is 44.9 Å². The van der Waals surface area contributed by atoms with E-state index < -0.39 is 0 Å². The lowest BCUT2D eigenvalue weighted by molar-refractivity contribution is 0.398. The van der Waals surface area contributed by atoms with Crippen LogP contribution >= 0.6 is 12.2 Å². The third kappa shape index (κ3) is 4.33. The Morgan fingerprint density at radius 3 is 2.56 bits per heavy atom. The van der Waals surface area contributed by atoms with Crippen LogP contribution in [0.3, 0.4) is 0 Å². The first-order valence-corrected chi connectivity index (χ1v) is 8.20. The molecule has 0 amide bonds. The van der Waals surface area contributed by atoms with Crippen LogP contribution in [0.4, 0.5) is 5.69 Å². The lowest BCUT2D eigenvalue weighted by atomic mass is 10.2. The zero-order valence-corrected chi connectivity index (χ0v) is 14.9. The van der Waals surface area contributed by atoms with Crippen LogP contribution in [0, 0.1) is 6.92 Å². The van der Waals surface area contributed by atoms with Crippen molar-refractivity contribution in [2.24, 2.45) is 0 Å². The van der Waals surface area contributed by atoms with Gasteiger partial charge in [-0.1, -0.05) is 12.1 Å². The minimum absolute atomic E-state index is 0.543. The second-order valence-electron chi connectivity index (χ2n) is 5.41. The Kier molecular flexibility index (Phi) is 5.25. The van der Waals surface area contributed by atoms with Crippen molar-refractivity contribution in [2.75, 3.05) is 12.4 Å². The Balaban J connectivity index is 1.54. The molecule has 25 heavy (non-hydrogen) atoms. The first-order valence-electron chi connectivity index (χ1n) is 7.80. The zero-order valence-electron chi connectivity index (χ0n) is 14.1. The summed E-state index contributed by atoms with van der Waals surface area (Å²) in [6.45, 7) is 2.62. The van der Waals surface area contributed by atoms with E-state index in [1.807, 2.05) is 23.8 Å². The molecule has 3 rings (SSSR count). The van der Waals surface area contributed by atoms with Gasteiger partial charge in [0.15, 0.2) is 5.11 Å². The zero-order chi connectivity index (χ0) is 17.6. The minimum atomic E-state index is 0.543. The summed E-state index contributed by atoms with van der Waals surface area (Å²) in [5.74, 6) is 1.53. The SMILES string of the molecule is COc1ccc(NC(=S)NCc2ccc(-n3ccnc3C)cc2)cn1. The van der Waals surface area contributed by atoms with Crippen LogP contribution in [0.25, 0.3) is 5.69 Å². The fourth-order valence-electron chi connectivity index (χ4n) is 2.36. The summed E-state index contributed by atoms with van der Waals surface area (Å²) in [5, 5.41) is 6.82. The molecule has 6 nitrogen and oxygen atoms in total. The Morgan fingerprint density at radius 1 is 1.16 bits per heavy atom. The molecule has 0 aliphatic carbocycles. The fraction of sp³-hybridized carbons (Fsp3) is 0.167. The van der Waals surface area contributed by atoms with Crippen LogP contribution in [-0.4, -0.2) is 26.8 Å². The lowest BCUT2D eigenvalue weighted by Crippen LogP contribution is -2.27. The van der Waals surface area contributed by atoms with Gasteiger partial charge in [0.05, 0.1) is 19.0 Å². The number of methoxy groups -OCH3 is 1. The van der Waals surface area contributed by atoms with Crippen molar-refractivity contribution < 1.29 is 4.74 Å². The van der Waals surface area contributed by atoms with Gasteiger partial charge in [-0.25, -0.2) is 9.97 Å². The van der Waals surface area contributed by atoms with E-state index >= 15 is 0 Å². The number of anilines is 1. The normalized spacial score (nSPS) is 10.3. The second kappa shape index (κ2) is 7.76. The van der Waals surface area contributed by atoms with E-state index in [1.165, 1.54) is 0 Å². The molecule has 2 aromatic heterocycles. The number of imidazole rings is 1. The van der Waals surface area contributed by atoms with Crippen molar-refractivity contribution in [3.05, 3.63) is 66.4 Å². The summed E-state index contributed by atoms with van der Waals surface area (Å²) < 4.78 is 7.07. The predicted octanol–water partition coefficient (Wildman–Crippen LogP) is 3.07. The van der Waals surface area contributed by atoms with Crippen molar-refractivity contribution in [2.45, 2.75) is 13.5 Å². The quantitative estimate of drug-likeness (QED) is 0.688. The number of thiocarbonyl (C=S) groups is 1. The number of pyridine rings is 1. The summed E-state index contributed by atoms with van der Waals surface area (Å²) >= 11 is 5.31. The van der Waals surface area contributed by atoms with Crippen molar-refractivity contribution >= 4 is 23.0 Å². The molecule has 0 unspecified atom stereocenters. The summed E-state index contributed by atoms with van der Waals surface area (Å²) in [6, 6.07) is 11.9. The molecule has 7 heteroatoms. The number of ether oxygens (including phenoxy) is 1. The highest BCUT2D eigenvalue weighted by molar-refractivity contribution is 7.80. The molecule has 3 aromatic rings. The van der Waals surface area contributed by atoms with Gasteiger partial charge in [-0.2, -0.15) is 0 Å². The number of nitrogens with zero attached hydrogens (tertiary/aromatic N) is 3. The summed E-state index contributed by atoms with van der Waals surface area (Å²) in [5.41, 5.74) is 3.03. The number of aryl methyl sites for hydroxylation is 1. The van der Waals surface area contributed by atoms with Crippen molar-refractivity contribution in [1.82, 2.24) is 19.9 Å². The first-order chi connectivity index (χ1) is 12.2. The van der Waals surface area contributed by atoms with E-state index in [1.54, 1.807) is 25.6 Å². The van der Waals surface area contributed by atoms with Crippen LogP contribution in [0.5, 0.6) is 5.88 Å². The topological polar surface area (TPSA) is 64.0 Å². The van der Waals surface area contributed by atoms with Crippen LogP contribution in [0.1, 0.15) is 11.4 Å². The monoisotopic (exact) mass is 353 g/mol. The average molecular weight is 353 g/mol. The Hall–Kier alpha value is -2.93. The molecule has 0 saturated heterocycles. The highest BCUT2D eigenvalue weighted by Gasteiger charge is 2.02. The Bertz CT molecular complexity index is 843. The van der Waals surface area contributed by atoms with Gasteiger partial charge in [0.1, 0.15) is 5.82 Å². The Morgan fingerprint density at radius 2 is 1.96 bits per heavy atom. The number of hydrogen-bond acceptors (Lipinski definition) is 4. The molecule has 0 bridgehead atoms. The molecule has 0 fully saturated rings. The van der Waals surface area contributed by atoms with E-state index in [9.17, 15) is 0 Å². The number of benzene rings is 1. The molecule has 0 saturated carbocycles. The molecule has 128 valence electrons. The number of aromatic nitrogens is 3. The third-order valence-corrected chi connectivity index (χ3v) is 3.94. The van der Waals surface area contributed by atoms with E-state index in [0.29, 0.717) is 17.5 Å². The standard InChI is InChI=1S/C18H19N5OS/c1-13-19-9-10-23(13)16-6-3-14(4-7-16)11-21-18(25)22-15-5-8-17(24-2)20-12-15/h3-10,12H,11H2,1-2H3,(H2,21,22,25). The highest BCUT2D eigenvalue weighted by Crippen LogP contribution is 2.12. The van der Waals surface area contributed by atoms with Gasteiger partial charge in [0.25, 0.3) is 0 Å². The highest BCUT2D eigenvalue weighted by atomic mass is 32.1. The largest absolute Gasteiger partial charge is 0.481 e. The molecular weight excluding hydrogens is 334 g/mol. The van der Waals surface area contributed by atoms with Gasteiger partial charge in [-0.3, -0.25) is 0 Å². The Labute approximate surface area is 151 Å². The first kappa shape index (κ1) is 16.9. The molecule has 2 N–H and O–H groups in total. The van der Waals surface area contributed by atoms with Crippen molar-refractivity contribution in [3.63, 3.8) is 0 Å². The van der Waals surface area contributed by atoms with Gasteiger partial charge >= 0.3 is 0 Å². The number of rotatable bonds is 5. The molecular formula is C18H19N5OS. The minimum Gasteiger partial charge on any atom is -0.481 e. The maximum absolute atomic E-state index is 5.31. The smallest absolute Gasteiger partial charge is 0.213 e. The average Bonchev–Trinajstić information content (AvgIpc) is 3.07. The molecule has 1 aromatic carbocycles. The third-order valence-electron chi connectivity index (χ3n) is 3.70. The maximum Gasteiger partial charge on any atom is 0.213 e. The molecule has 0 aliphatic rings. The molecule has 0 spiro atoms. The second-order valence-corrected chi connectivity index (χ2v) is 5.82. The molecule has 2 heterocycles. The lowest BCUT2D eigenvalue weighted by Gasteiger charge is -2.11. The molecule has 0 atom stereocenters. The summed E-state index contributed by atoms with van der Waals surface area (Å²) in [6.07, 6.45) is 5.42. The van der Waals surface area contributed by atoms with E-state index in [-0.39, 0.29) is 0 Å². The molecule has 0 radical (unpaired) electrons. The molecule has 0 aliphatic heterocycles. The fourth-order valence-corrected chi connectivity index (χ4v) is 2.55. The number of hydrogen-bond donors (Lipinski definition) is 2. The van der Waals surface area contributed by atoms with E-state index in [0.717, 1.165) is 22.8 Å². The van der Waals surface area contributed by atoms with Crippen LogP contribution < -0.4 is 15.4 Å². The van der Waals surface area contributed by atoms with Crippen LogP contribution in [-0.2, 0) is 6.54 Å². The van der Waals surface area contributed by atoms with Gasteiger partial charge in [-0.15, -0.1) is 0 Å². The van der Waals surface area contributed by atoms with Gasteiger partial charge in [0, 0.05) is 30.7 Å². The summed E-state index contributed by atoms with van der Waals surface area (Å²) in [7, 11) is 1.58. The number of nitrogens with one attached hydrogen (secondary N) is 2. The van der Waals surface area contributed by atoms with Gasteiger partial charge in [-0.05, 0) is 42.9 Å². The van der Waals surface area contributed by atoms with E-state index in [4.69, 9.17) is 17.0 Å². The van der Waals surface area contributed by atoms with Gasteiger partial charge in [0.2, 0.25) is 5.88 Å². The maximum atomic E-state index is 5.31.